The summed E-state index contributed by atoms with van der Waals surface area (Å²) >= 11 is 0. The number of nitrogens with zero attached hydrogens (tertiary/aromatic N) is 1. The number of hydrogen-bond acceptors (Lipinski definition) is 4. The Morgan fingerprint density at radius 3 is 2.61 bits per heavy atom. The van der Waals surface area contributed by atoms with Crippen molar-refractivity contribution < 1.29 is 26.4 Å². The standard InChI is InChI=1S/C8H14F3N3O3S/c1-2-13-7(15)6-5-12-3-4-14(6)18(16,17)8(9,10)11/h6,12H,2-5H2,1H3,(H,13,15). The summed E-state index contributed by atoms with van der Waals surface area (Å²) in [6, 6.07) is -1.37. The van der Waals surface area contributed by atoms with Crippen LogP contribution in [0.1, 0.15) is 6.92 Å². The molecule has 0 saturated carbocycles. The van der Waals surface area contributed by atoms with Gasteiger partial charge < -0.3 is 10.6 Å². The minimum Gasteiger partial charge on any atom is -0.355 e. The molecule has 0 spiro atoms. The predicted octanol–water partition coefficient (Wildman–Crippen LogP) is -0.754. The summed E-state index contributed by atoms with van der Waals surface area (Å²) in [5.74, 6) is -0.738. The molecule has 1 aliphatic heterocycles. The van der Waals surface area contributed by atoms with Crippen LogP contribution in [-0.2, 0) is 14.8 Å². The third-order valence-corrected chi connectivity index (χ3v) is 4.09. The summed E-state index contributed by atoms with van der Waals surface area (Å²) in [5, 5.41) is 5.01. The molecule has 0 radical (unpaired) electrons. The van der Waals surface area contributed by atoms with Crippen LogP contribution in [0.4, 0.5) is 13.2 Å². The van der Waals surface area contributed by atoms with E-state index in [2.05, 4.69) is 10.6 Å². The summed E-state index contributed by atoms with van der Waals surface area (Å²) in [5.41, 5.74) is -5.39. The fourth-order valence-corrected chi connectivity index (χ4v) is 2.72. The number of amides is 1. The van der Waals surface area contributed by atoms with E-state index in [1.165, 1.54) is 0 Å². The zero-order chi connectivity index (χ0) is 14.0. The van der Waals surface area contributed by atoms with Crippen molar-refractivity contribution >= 4 is 15.9 Å². The molecule has 1 amide bonds. The molecule has 1 heterocycles. The molecule has 0 aromatic heterocycles. The van der Waals surface area contributed by atoms with Gasteiger partial charge in [0.1, 0.15) is 6.04 Å². The van der Waals surface area contributed by atoms with Gasteiger partial charge in [-0.3, -0.25) is 4.79 Å². The second-order valence-electron chi connectivity index (χ2n) is 3.68. The van der Waals surface area contributed by atoms with Crippen molar-refractivity contribution in [1.82, 2.24) is 14.9 Å². The van der Waals surface area contributed by atoms with Crippen molar-refractivity contribution in [2.24, 2.45) is 0 Å². The first-order valence-electron chi connectivity index (χ1n) is 5.28. The van der Waals surface area contributed by atoms with Crippen LogP contribution in [0.25, 0.3) is 0 Å². The van der Waals surface area contributed by atoms with E-state index < -0.39 is 27.5 Å². The van der Waals surface area contributed by atoms with Gasteiger partial charge in [0.25, 0.3) is 0 Å². The van der Waals surface area contributed by atoms with E-state index in [-0.39, 0.29) is 30.5 Å². The highest BCUT2D eigenvalue weighted by molar-refractivity contribution is 7.90. The molecule has 6 nitrogen and oxygen atoms in total. The summed E-state index contributed by atoms with van der Waals surface area (Å²) in [6.45, 7) is 1.36. The lowest BCUT2D eigenvalue weighted by Gasteiger charge is -2.34. The van der Waals surface area contributed by atoms with Gasteiger partial charge in [0.05, 0.1) is 0 Å². The Bertz CT molecular complexity index is 410. The van der Waals surface area contributed by atoms with Crippen LogP contribution in [0.5, 0.6) is 0 Å². The number of nitrogens with one attached hydrogen (secondary N) is 2. The minimum atomic E-state index is -5.48. The largest absolute Gasteiger partial charge is 0.511 e. The van der Waals surface area contributed by atoms with Crippen LogP contribution >= 0.6 is 0 Å². The van der Waals surface area contributed by atoms with Crippen molar-refractivity contribution in [3.05, 3.63) is 0 Å². The van der Waals surface area contributed by atoms with E-state index in [0.29, 0.717) is 0 Å². The van der Waals surface area contributed by atoms with E-state index in [0.717, 1.165) is 0 Å². The maximum Gasteiger partial charge on any atom is 0.511 e. The number of halogens is 3. The third-order valence-electron chi connectivity index (χ3n) is 2.45. The number of carbonyl (C=O) groups is 1. The molecule has 1 saturated heterocycles. The molecule has 0 aromatic rings. The summed E-state index contributed by atoms with van der Waals surface area (Å²) in [4.78, 5) is 11.6. The van der Waals surface area contributed by atoms with Gasteiger partial charge in [-0.05, 0) is 6.92 Å². The molecule has 10 heteroatoms. The Morgan fingerprint density at radius 1 is 1.50 bits per heavy atom. The monoisotopic (exact) mass is 289 g/mol. The summed E-state index contributed by atoms with van der Waals surface area (Å²) in [7, 11) is -5.48. The predicted molar refractivity (Wildman–Crippen MR) is 57.0 cm³/mol. The summed E-state index contributed by atoms with van der Waals surface area (Å²) in [6.07, 6.45) is 0. The number of alkyl halides is 3. The SMILES string of the molecule is CCNC(=O)C1CNCCN1S(=O)(=O)C(F)(F)F. The molecule has 1 aliphatic rings. The smallest absolute Gasteiger partial charge is 0.355 e. The normalized spacial score (nSPS) is 22.8. The molecule has 0 aromatic carbocycles. The number of likely N-dealkylation sites (N-methyl/N-ethyl adjacent to an activating group) is 1. The van der Waals surface area contributed by atoms with E-state index in [1.54, 1.807) is 6.92 Å². The van der Waals surface area contributed by atoms with Crippen LogP contribution in [-0.4, -0.2) is 56.4 Å². The zero-order valence-electron chi connectivity index (χ0n) is 9.62. The number of carbonyl (C=O) groups excluding carboxylic acids is 1. The Morgan fingerprint density at radius 2 is 2.11 bits per heavy atom. The fraction of sp³-hybridized carbons (Fsp3) is 0.875. The van der Waals surface area contributed by atoms with Crippen LogP contribution in [0.3, 0.4) is 0 Å². The first-order valence-corrected chi connectivity index (χ1v) is 6.72. The lowest BCUT2D eigenvalue weighted by atomic mass is 10.2. The molecule has 2 N–H and O–H groups in total. The van der Waals surface area contributed by atoms with E-state index in [1.807, 2.05) is 0 Å². The zero-order valence-corrected chi connectivity index (χ0v) is 10.4. The van der Waals surface area contributed by atoms with Crippen molar-refractivity contribution in [2.75, 3.05) is 26.2 Å². The number of piperazine rings is 1. The molecule has 0 aliphatic carbocycles. The van der Waals surface area contributed by atoms with Gasteiger partial charge in [-0.2, -0.15) is 17.5 Å². The van der Waals surface area contributed by atoms with Crippen molar-refractivity contribution in [3.8, 4) is 0 Å². The number of rotatable bonds is 3. The van der Waals surface area contributed by atoms with Gasteiger partial charge in [-0.25, -0.2) is 8.42 Å². The maximum absolute atomic E-state index is 12.5. The van der Waals surface area contributed by atoms with Gasteiger partial charge >= 0.3 is 15.5 Å². The van der Waals surface area contributed by atoms with E-state index in [4.69, 9.17) is 0 Å². The van der Waals surface area contributed by atoms with Crippen LogP contribution in [0, 0.1) is 0 Å². The lowest BCUT2D eigenvalue weighted by molar-refractivity contribution is -0.125. The third kappa shape index (κ3) is 2.93. The van der Waals surface area contributed by atoms with Crippen molar-refractivity contribution in [1.29, 1.82) is 0 Å². The highest BCUT2D eigenvalue weighted by Crippen LogP contribution is 2.28. The average Bonchev–Trinajstić information content (AvgIpc) is 2.28. The van der Waals surface area contributed by atoms with Crippen LogP contribution < -0.4 is 10.6 Å². The first kappa shape index (κ1) is 15.2. The molecule has 0 bridgehead atoms. The van der Waals surface area contributed by atoms with Crippen molar-refractivity contribution in [3.63, 3.8) is 0 Å². The molecule has 1 atom stereocenters. The Kier molecular flexibility index (Phi) is 4.56. The molecular formula is C8H14F3N3O3S. The lowest BCUT2D eigenvalue weighted by Crippen LogP contribution is -2.61. The molecule has 1 rings (SSSR count). The Balaban J connectivity index is 3.00. The van der Waals surface area contributed by atoms with Crippen molar-refractivity contribution in [2.45, 2.75) is 18.5 Å². The molecule has 1 unspecified atom stereocenters. The van der Waals surface area contributed by atoms with Gasteiger partial charge in [0.15, 0.2) is 0 Å². The second kappa shape index (κ2) is 5.41. The van der Waals surface area contributed by atoms with Crippen LogP contribution in [0.15, 0.2) is 0 Å². The molecule has 18 heavy (non-hydrogen) atoms. The second-order valence-corrected chi connectivity index (χ2v) is 5.56. The minimum absolute atomic E-state index is 0.0746. The van der Waals surface area contributed by atoms with Gasteiger partial charge in [-0.15, -0.1) is 0 Å². The van der Waals surface area contributed by atoms with E-state index in [9.17, 15) is 26.4 Å². The highest BCUT2D eigenvalue weighted by atomic mass is 32.2. The first-order chi connectivity index (χ1) is 8.21. The molecular weight excluding hydrogens is 275 g/mol. The average molecular weight is 289 g/mol. The number of hydrogen-bond donors (Lipinski definition) is 2. The van der Waals surface area contributed by atoms with Crippen LogP contribution in [0.2, 0.25) is 0 Å². The maximum atomic E-state index is 12.5. The van der Waals surface area contributed by atoms with Gasteiger partial charge in [0, 0.05) is 26.2 Å². The van der Waals surface area contributed by atoms with Gasteiger partial charge in [0.2, 0.25) is 5.91 Å². The quantitative estimate of drug-likeness (QED) is 0.716. The summed E-state index contributed by atoms with van der Waals surface area (Å²) < 4.78 is 60.2. The molecule has 1 fully saturated rings. The topological polar surface area (TPSA) is 78.5 Å². The Labute approximate surface area is 103 Å². The fourth-order valence-electron chi connectivity index (χ4n) is 1.62. The highest BCUT2D eigenvalue weighted by Gasteiger charge is 2.53. The number of sulfonamides is 1. The van der Waals surface area contributed by atoms with Gasteiger partial charge in [-0.1, -0.05) is 0 Å². The van der Waals surface area contributed by atoms with E-state index >= 15 is 0 Å². The molecule has 106 valence electrons. The Hall–Kier alpha value is -0.870.